The first-order chi connectivity index (χ1) is 15.2. The summed E-state index contributed by atoms with van der Waals surface area (Å²) in [6.07, 6.45) is 4.82. The summed E-state index contributed by atoms with van der Waals surface area (Å²) < 4.78 is 11.5. The first-order valence-electron chi connectivity index (χ1n) is 11.6. The zero-order valence-corrected chi connectivity index (χ0v) is 19.1. The Balaban J connectivity index is 1.61. The van der Waals surface area contributed by atoms with E-state index in [1.165, 1.54) is 42.7 Å². The van der Waals surface area contributed by atoms with Crippen molar-refractivity contribution in [2.24, 2.45) is 0 Å². The summed E-state index contributed by atoms with van der Waals surface area (Å²) in [5, 5.41) is 0. The van der Waals surface area contributed by atoms with Gasteiger partial charge in [-0.05, 0) is 75.0 Å². The lowest BCUT2D eigenvalue weighted by Gasteiger charge is -2.43. The summed E-state index contributed by atoms with van der Waals surface area (Å²) in [6.45, 7) is 10.7. The highest BCUT2D eigenvalue weighted by Gasteiger charge is 2.32. The molecule has 0 N–H and O–H groups in total. The van der Waals surface area contributed by atoms with Crippen LogP contribution in [0.3, 0.4) is 0 Å². The first-order valence-corrected chi connectivity index (χ1v) is 11.6. The summed E-state index contributed by atoms with van der Waals surface area (Å²) in [4.78, 5) is 5.26. The number of para-hydroxylation sites is 1. The van der Waals surface area contributed by atoms with E-state index >= 15 is 0 Å². The minimum Gasteiger partial charge on any atom is -0.497 e. The molecular formula is C27H36N2O2. The van der Waals surface area contributed by atoms with Crippen molar-refractivity contribution < 1.29 is 9.47 Å². The molecule has 0 spiro atoms. The Morgan fingerprint density at radius 3 is 2.55 bits per heavy atom. The normalized spacial score (nSPS) is 19.8. The highest BCUT2D eigenvalue weighted by Crippen LogP contribution is 2.39. The molecule has 2 aromatic rings. The second kappa shape index (κ2) is 10.3. The average molecular weight is 421 g/mol. The number of fused-ring (bicyclic) bond motifs is 1. The Bertz CT molecular complexity index is 858. The quantitative estimate of drug-likeness (QED) is 0.518. The van der Waals surface area contributed by atoms with Gasteiger partial charge in [-0.25, -0.2) is 0 Å². The van der Waals surface area contributed by atoms with Gasteiger partial charge in [-0.2, -0.15) is 0 Å². The SMILES string of the molecule is C=C(C)COCC(CN1c2ccccc2CCC1c1ccc(OC)cc1)N1CCCC1. The molecule has 0 amide bonds. The highest BCUT2D eigenvalue weighted by atomic mass is 16.5. The fourth-order valence-electron chi connectivity index (χ4n) is 4.99. The number of ether oxygens (including phenoxy) is 2. The number of hydrogen-bond donors (Lipinski definition) is 0. The summed E-state index contributed by atoms with van der Waals surface area (Å²) in [6, 6.07) is 18.3. The third-order valence-corrected chi connectivity index (χ3v) is 6.59. The van der Waals surface area contributed by atoms with Crippen molar-refractivity contribution in [3.63, 3.8) is 0 Å². The predicted molar refractivity (Wildman–Crippen MR) is 128 cm³/mol. The van der Waals surface area contributed by atoms with Crippen LogP contribution in [0.5, 0.6) is 5.75 Å². The lowest BCUT2D eigenvalue weighted by Crippen LogP contribution is -2.48. The molecule has 31 heavy (non-hydrogen) atoms. The second-order valence-corrected chi connectivity index (χ2v) is 8.98. The summed E-state index contributed by atoms with van der Waals surface area (Å²) in [5.74, 6) is 0.912. The monoisotopic (exact) mass is 420 g/mol. The van der Waals surface area contributed by atoms with Crippen molar-refractivity contribution in [2.75, 3.05) is 44.9 Å². The minimum absolute atomic E-state index is 0.368. The Kier molecular flexibility index (Phi) is 7.31. The standard InChI is InChI=1S/C27H36N2O2/c1-21(2)19-31-20-24(28-16-6-7-17-28)18-29-26-9-5-4-8-22(26)12-15-27(29)23-10-13-25(30-3)14-11-23/h4-5,8-11,13-14,24,27H,1,6-7,12,15-20H2,2-3H3. The Morgan fingerprint density at radius 1 is 1.10 bits per heavy atom. The molecule has 166 valence electrons. The molecule has 0 saturated carbocycles. The predicted octanol–water partition coefficient (Wildman–Crippen LogP) is 5.25. The average Bonchev–Trinajstić information content (AvgIpc) is 3.33. The molecular weight excluding hydrogens is 384 g/mol. The van der Waals surface area contributed by atoms with Crippen LogP contribution in [0.15, 0.2) is 60.7 Å². The van der Waals surface area contributed by atoms with E-state index in [9.17, 15) is 0 Å². The minimum atomic E-state index is 0.368. The number of nitrogens with zero attached hydrogens (tertiary/aromatic N) is 2. The zero-order chi connectivity index (χ0) is 21.6. The molecule has 2 unspecified atom stereocenters. The molecule has 0 bridgehead atoms. The summed E-state index contributed by atoms with van der Waals surface area (Å²) in [7, 11) is 1.73. The lowest BCUT2D eigenvalue weighted by atomic mass is 9.90. The molecule has 2 aromatic carbocycles. The van der Waals surface area contributed by atoms with Gasteiger partial charge in [0.15, 0.2) is 0 Å². The molecule has 1 fully saturated rings. The number of aryl methyl sites for hydroxylation is 1. The van der Waals surface area contributed by atoms with Gasteiger partial charge in [0.05, 0.1) is 32.4 Å². The molecule has 4 heteroatoms. The zero-order valence-electron chi connectivity index (χ0n) is 19.1. The van der Waals surface area contributed by atoms with E-state index in [1.54, 1.807) is 7.11 Å². The largest absolute Gasteiger partial charge is 0.497 e. The maximum atomic E-state index is 6.09. The Labute approximate surface area is 187 Å². The smallest absolute Gasteiger partial charge is 0.118 e. The van der Waals surface area contributed by atoms with Crippen LogP contribution in [0.2, 0.25) is 0 Å². The van der Waals surface area contributed by atoms with E-state index in [0.29, 0.717) is 18.7 Å². The van der Waals surface area contributed by atoms with E-state index in [1.807, 2.05) is 6.92 Å². The molecule has 0 aromatic heterocycles. The number of methoxy groups -OCH3 is 1. The van der Waals surface area contributed by atoms with Crippen LogP contribution in [-0.4, -0.2) is 50.9 Å². The molecule has 1 saturated heterocycles. The van der Waals surface area contributed by atoms with Crippen molar-refractivity contribution in [2.45, 2.75) is 44.7 Å². The van der Waals surface area contributed by atoms with Crippen molar-refractivity contribution in [3.8, 4) is 5.75 Å². The van der Waals surface area contributed by atoms with Gasteiger partial charge >= 0.3 is 0 Å². The molecule has 4 rings (SSSR count). The number of benzene rings is 2. The molecule has 2 aliphatic rings. The maximum absolute atomic E-state index is 6.09. The van der Waals surface area contributed by atoms with Crippen LogP contribution in [0.25, 0.3) is 0 Å². The van der Waals surface area contributed by atoms with Crippen LogP contribution in [0.4, 0.5) is 5.69 Å². The molecule has 4 nitrogen and oxygen atoms in total. The first kappa shape index (κ1) is 21.9. The van der Waals surface area contributed by atoms with Gasteiger partial charge < -0.3 is 14.4 Å². The van der Waals surface area contributed by atoms with Crippen molar-refractivity contribution >= 4 is 5.69 Å². The van der Waals surface area contributed by atoms with E-state index in [4.69, 9.17) is 9.47 Å². The molecule has 2 heterocycles. The van der Waals surface area contributed by atoms with Crippen LogP contribution in [-0.2, 0) is 11.2 Å². The van der Waals surface area contributed by atoms with Crippen molar-refractivity contribution in [1.82, 2.24) is 4.90 Å². The number of likely N-dealkylation sites (tertiary alicyclic amines) is 1. The van der Waals surface area contributed by atoms with Crippen LogP contribution in [0, 0.1) is 0 Å². The van der Waals surface area contributed by atoms with E-state index in [2.05, 4.69) is 64.9 Å². The topological polar surface area (TPSA) is 24.9 Å². The summed E-state index contributed by atoms with van der Waals surface area (Å²) in [5.41, 5.74) is 5.27. The van der Waals surface area contributed by atoms with Crippen molar-refractivity contribution in [3.05, 3.63) is 71.8 Å². The van der Waals surface area contributed by atoms with Crippen LogP contribution >= 0.6 is 0 Å². The van der Waals surface area contributed by atoms with E-state index in [-0.39, 0.29) is 0 Å². The van der Waals surface area contributed by atoms with Crippen molar-refractivity contribution in [1.29, 1.82) is 0 Å². The Hall–Kier alpha value is -2.30. The molecule has 2 atom stereocenters. The van der Waals surface area contributed by atoms with E-state index in [0.717, 1.165) is 37.3 Å². The molecule has 2 aliphatic heterocycles. The van der Waals surface area contributed by atoms with Gasteiger partial charge in [-0.15, -0.1) is 0 Å². The lowest BCUT2D eigenvalue weighted by molar-refractivity contribution is 0.0834. The Morgan fingerprint density at radius 2 is 1.84 bits per heavy atom. The number of rotatable bonds is 9. The number of anilines is 1. The van der Waals surface area contributed by atoms with Crippen LogP contribution < -0.4 is 9.64 Å². The van der Waals surface area contributed by atoms with Crippen LogP contribution in [0.1, 0.15) is 43.4 Å². The van der Waals surface area contributed by atoms with Gasteiger partial charge in [0.25, 0.3) is 0 Å². The van der Waals surface area contributed by atoms with Gasteiger partial charge in [0.1, 0.15) is 5.75 Å². The molecule has 0 aliphatic carbocycles. The van der Waals surface area contributed by atoms with Gasteiger partial charge in [-0.1, -0.05) is 42.5 Å². The third-order valence-electron chi connectivity index (χ3n) is 6.59. The number of hydrogen-bond acceptors (Lipinski definition) is 4. The maximum Gasteiger partial charge on any atom is 0.118 e. The van der Waals surface area contributed by atoms with Gasteiger partial charge in [0, 0.05) is 12.2 Å². The third kappa shape index (κ3) is 5.31. The highest BCUT2D eigenvalue weighted by molar-refractivity contribution is 5.58. The van der Waals surface area contributed by atoms with E-state index < -0.39 is 0 Å². The van der Waals surface area contributed by atoms with Gasteiger partial charge in [-0.3, -0.25) is 4.90 Å². The van der Waals surface area contributed by atoms with Gasteiger partial charge in [0.2, 0.25) is 0 Å². The summed E-state index contributed by atoms with van der Waals surface area (Å²) >= 11 is 0. The fourth-order valence-corrected chi connectivity index (χ4v) is 4.99. The molecule has 0 radical (unpaired) electrons. The fraction of sp³-hybridized carbons (Fsp3) is 0.481. The second-order valence-electron chi connectivity index (χ2n) is 8.98.